The van der Waals surface area contributed by atoms with Crippen molar-refractivity contribution in [1.29, 1.82) is 0 Å². The molecule has 35 heavy (non-hydrogen) atoms. The summed E-state index contributed by atoms with van der Waals surface area (Å²) in [6, 6.07) is 21.3. The Morgan fingerprint density at radius 2 is 1.60 bits per heavy atom. The second-order valence-corrected chi connectivity index (χ2v) is 8.96. The number of carbonyl (C=O) groups is 3. The first-order chi connectivity index (χ1) is 16.8. The van der Waals surface area contributed by atoms with E-state index in [4.69, 9.17) is 4.74 Å². The minimum atomic E-state index is -1.11. The summed E-state index contributed by atoms with van der Waals surface area (Å²) in [6.45, 7) is 4.61. The first-order valence-electron chi connectivity index (χ1n) is 11.8. The van der Waals surface area contributed by atoms with E-state index in [2.05, 4.69) is 5.32 Å². The molecule has 2 N–H and O–H groups in total. The summed E-state index contributed by atoms with van der Waals surface area (Å²) >= 11 is 0. The van der Waals surface area contributed by atoms with Crippen LogP contribution in [0.3, 0.4) is 0 Å². The van der Waals surface area contributed by atoms with Crippen molar-refractivity contribution in [2.24, 2.45) is 5.92 Å². The highest BCUT2D eigenvalue weighted by molar-refractivity contribution is 5.85. The summed E-state index contributed by atoms with van der Waals surface area (Å²) in [7, 11) is 0. The van der Waals surface area contributed by atoms with Gasteiger partial charge in [0.05, 0.1) is 6.42 Å². The van der Waals surface area contributed by atoms with Crippen molar-refractivity contribution < 1.29 is 24.2 Å². The molecule has 3 aromatic rings. The molecule has 0 unspecified atom stereocenters. The van der Waals surface area contributed by atoms with E-state index in [1.54, 1.807) is 0 Å². The van der Waals surface area contributed by atoms with E-state index in [1.807, 2.05) is 86.6 Å². The molecule has 0 bridgehead atoms. The topological polar surface area (TPSA) is 95.9 Å². The van der Waals surface area contributed by atoms with E-state index in [0.29, 0.717) is 6.54 Å². The maximum Gasteiger partial charge on any atom is 0.326 e. The summed E-state index contributed by atoms with van der Waals surface area (Å²) in [5.74, 6) is -1.38. The Kier molecular flexibility index (Phi) is 9.23. The molecule has 3 aromatic carbocycles. The Balaban J connectivity index is 1.59. The van der Waals surface area contributed by atoms with Gasteiger partial charge in [-0.3, -0.25) is 4.79 Å². The van der Waals surface area contributed by atoms with Gasteiger partial charge in [-0.15, -0.1) is 0 Å². The van der Waals surface area contributed by atoms with Gasteiger partial charge < -0.3 is 20.1 Å². The van der Waals surface area contributed by atoms with Crippen molar-refractivity contribution in [3.8, 4) is 0 Å². The second kappa shape index (κ2) is 12.6. The molecule has 7 heteroatoms. The zero-order chi connectivity index (χ0) is 25.2. The van der Waals surface area contributed by atoms with Gasteiger partial charge in [0, 0.05) is 19.5 Å². The molecule has 0 saturated carbocycles. The van der Waals surface area contributed by atoms with Crippen molar-refractivity contribution in [3.05, 3.63) is 83.9 Å². The summed E-state index contributed by atoms with van der Waals surface area (Å²) in [5, 5.41) is 14.5. The lowest BCUT2D eigenvalue weighted by Crippen LogP contribution is -2.50. The molecule has 7 nitrogen and oxygen atoms in total. The number of fused-ring (bicyclic) bond motifs is 1. The van der Waals surface area contributed by atoms with Crippen molar-refractivity contribution in [2.75, 3.05) is 13.1 Å². The number of hydrogen-bond donors (Lipinski definition) is 2. The van der Waals surface area contributed by atoms with Gasteiger partial charge in [-0.05, 0) is 27.8 Å². The van der Waals surface area contributed by atoms with Crippen LogP contribution in [0.5, 0.6) is 0 Å². The number of nitrogens with one attached hydrogen (secondary N) is 1. The number of urea groups is 1. The summed E-state index contributed by atoms with van der Waals surface area (Å²) in [4.78, 5) is 38.6. The lowest BCUT2D eigenvalue weighted by molar-refractivity contribution is -0.145. The van der Waals surface area contributed by atoms with Gasteiger partial charge in [-0.2, -0.15) is 0 Å². The Morgan fingerprint density at radius 1 is 0.914 bits per heavy atom. The van der Waals surface area contributed by atoms with Crippen LogP contribution in [0.2, 0.25) is 0 Å². The van der Waals surface area contributed by atoms with Crippen molar-refractivity contribution >= 4 is 28.7 Å². The molecule has 0 saturated heterocycles. The molecule has 0 aliphatic rings. The lowest BCUT2D eigenvalue weighted by Gasteiger charge is -2.26. The fraction of sp³-hybridized carbons (Fsp3) is 0.321. The Labute approximate surface area is 205 Å². The predicted octanol–water partition coefficient (Wildman–Crippen LogP) is 4.64. The van der Waals surface area contributed by atoms with Gasteiger partial charge >= 0.3 is 18.0 Å². The fourth-order valence-corrected chi connectivity index (χ4v) is 3.79. The van der Waals surface area contributed by atoms with Crippen LogP contribution in [0.4, 0.5) is 4.79 Å². The van der Waals surface area contributed by atoms with Crippen LogP contribution in [-0.2, 0) is 27.4 Å². The van der Waals surface area contributed by atoms with Crippen LogP contribution in [0, 0.1) is 5.92 Å². The third kappa shape index (κ3) is 8.14. The molecule has 0 fully saturated rings. The lowest BCUT2D eigenvalue weighted by atomic mass is 10.0. The number of carboxylic acids is 1. The zero-order valence-electron chi connectivity index (χ0n) is 20.1. The molecular weight excluding hydrogens is 444 g/mol. The first-order valence-corrected chi connectivity index (χ1v) is 11.8. The minimum absolute atomic E-state index is 0.0232. The highest BCUT2D eigenvalue weighted by Gasteiger charge is 2.24. The SMILES string of the molecule is CC(C)CN(CCC(=O)OCc1ccccc1)C(=O)N[C@@H](Cc1ccc2ccccc2c1)C(=O)O. The van der Waals surface area contributed by atoms with E-state index in [0.717, 1.165) is 21.9 Å². The van der Waals surface area contributed by atoms with Gasteiger partial charge in [-0.25, -0.2) is 9.59 Å². The van der Waals surface area contributed by atoms with Gasteiger partial charge in [0.15, 0.2) is 0 Å². The van der Waals surface area contributed by atoms with Gasteiger partial charge in [-0.1, -0.05) is 86.6 Å². The Bertz CT molecular complexity index is 1150. The number of benzene rings is 3. The van der Waals surface area contributed by atoms with Crippen LogP contribution in [0.1, 0.15) is 31.4 Å². The summed E-state index contributed by atoms with van der Waals surface area (Å²) in [5.41, 5.74) is 1.70. The van der Waals surface area contributed by atoms with Gasteiger partial charge in [0.2, 0.25) is 0 Å². The number of amides is 2. The van der Waals surface area contributed by atoms with E-state index in [1.165, 1.54) is 4.90 Å². The Hall–Kier alpha value is -3.87. The van der Waals surface area contributed by atoms with Crippen molar-refractivity contribution in [2.45, 2.75) is 39.3 Å². The van der Waals surface area contributed by atoms with Crippen LogP contribution in [0.15, 0.2) is 72.8 Å². The molecule has 2 amide bonds. The van der Waals surface area contributed by atoms with Crippen molar-refractivity contribution in [3.63, 3.8) is 0 Å². The summed E-state index contributed by atoms with van der Waals surface area (Å²) in [6.07, 6.45) is 0.177. The molecular formula is C28H32N2O5. The monoisotopic (exact) mass is 476 g/mol. The first kappa shape index (κ1) is 25.7. The molecule has 184 valence electrons. The normalized spacial score (nSPS) is 11.7. The fourth-order valence-electron chi connectivity index (χ4n) is 3.79. The molecule has 0 aliphatic heterocycles. The van der Waals surface area contributed by atoms with Crippen molar-refractivity contribution in [1.82, 2.24) is 10.2 Å². The molecule has 3 rings (SSSR count). The smallest absolute Gasteiger partial charge is 0.326 e. The maximum absolute atomic E-state index is 13.0. The number of rotatable bonds is 11. The molecule has 0 spiro atoms. The van der Waals surface area contributed by atoms with Gasteiger partial charge in [0.25, 0.3) is 0 Å². The summed E-state index contributed by atoms with van der Waals surface area (Å²) < 4.78 is 5.31. The molecule has 0 aromatic heterocycles. The molecule has 0 heterocycles. The Morgan fingerprint density at radius 3 is 2.29 bits per heavy atom. The van der Waals surface area contributed by atoms with E-state index < -0.39 is 24.0 Å². The largest absolute Gasteiger partial charge is 0.480 e. The number of nitrogens with zero attached hydrogens (tertiary/aromatic N) is 1. The molecule has 0 radical (unpaired) electrons. The van der Waals surface area contributed by atoms with E-state index in [-0.39, 0.29) is 31.9 Å². The van der Waals surface area contributed by atoms with Crippen LogP contribution in [-0.4, -0.2) is 47.1 Å². The highest BCUT2D eigenvalue weighted by atomic mass is 16.5. The average Bonchev–Trinajstić information content (AvgIpc) is 2.85. The average molecular weight is 477 g/mol. The van der Waals surface area contributed by atoms with E-state index in [9.17, 15) is 19.5 Å². The van der Waals surface area contributed by atoms with E-state index >= 15 is 0 Å². The zero-order valence-corrected chi connectivity index (χ0v) is 20.1. The number of carbonyl (C=O) groups excluding carboxylic acids is 2. The third-order valence-corrected chi connectivity index (χ3v) is 5.55. The second-order valence-electron chi connectivity index (χ2n) is 8.96. The maximum atomic E-state index is 13.0. The van der Waals surface area contributed by atoms with Gasteiger partial charge in [0.1, 0.15) is 12.6 Å². The van der Waals surface area contributed by atoms with Crippen LogP contribution in [0.25, 0.3) is 10.8 Å². The minimum Gasteiger partial charge on any atom is -0.480 e. The highest BCUT2D eigenvalue weighted by Crippen LogP contribution is 2.17. The molecule has 0 aliphatic carbocycles. The van der Waals surface area contributed by atoms with Crippen LogP contribution >= 0.6 is 0 Å². The quantitative estimate of drug-likeness (QED) is 0.393. The van der Waals surface area contributed by atoms with Crippen LogP contribution < -0.4 is 5.32 Å². The third-order valence-electron chi connectivity index (χ3n) is 5.55. The number of aliphatic carboxylic acids is 1. The molecule has 1 atom stereocenters. The predicted molar refractivity (Wildman–Crippen MR) is 135 cm³/mol. The standard InChI is InChI=1S/C28H32N2O5/c1-20(2)18-30(15-14-26(31)35-19-21-8-4-3-5-9-21)28(34)29-25(27(32)33)17-22-12-13-23-10-6-7-11-24(23)16-22/h3-13,16,20,25H,14-15,17-19H2,1-2H3,(H,29,34)(H,32,33)/t25-/m0/s1. The number of ether oxygens (including phenoxy) is 1. The number of esters is 1. The number of hydrogen-bond acceptors (Lipinski definition) is 4. The number of carboxylic acid groups (broad SMARTS) is 1.